The third-order valence-electron chi connectivity index (χ3n) is 4.02. The third-order valence-corrected chi connectivity index (χ3v) is 5.03. The van der Waals surface area contributed by atoms with Gasteiger partial charge in [-0.05, 0) is 25.0 Å². The Morgan fingerprint density at radius 3 is 2.77 bits per heavy atom. The van der Waals surface area contributed by atoms with Gasteiger partial charge in [-0.1, -0.05) is 23.9 Å². The molecule has 0 spiro atoms. The molecule has 0 unspecified atom stereocenters. The maximum Gasteiger partial charge on any atom is 0.239 e. The molecule has 1 aliphatic carbocycles. The topological polar surface area (TPSA) is 80.1 Å². The van der Waals surface area contributed by atoms with Gasteiger partial charge in [0.1, 0.15) is 5.82 Å². The summed E-state index contributed by atoms with van der Waals surface area (Å²) in [6.07, 6.45) is 2.02. The summed E-state index contributed by atoms with van der Waals surface area (Å²) in [5.41, 5.74) is 0.356. The molecule has 26 heavy (non-hydrogen) atoms. The number of halogens is 1. The Bertz CT molecular complexity index is 821. The molecule has 0 radical (unpaired) electrons. The summed E-state index contributed by atoms with van der Waals surface area (Å²) < 4.78 is 15.6. The summed E-state index contributed by atoms with van der Waals surface area (Å²) in [5.74, 6) is -0.186. The lowest BCUT2D eigenvalue weighted by Crippen LogP contribution is -2.39. The van der Waals surface area contributed by atoms with Crippen molar-refractivity contribution in [2.24, 2.45) is 7.05 Å². The van der Waals surface area contributed by atoms with E-state index < -0.39 is 0 Å². The first kappa shape index (κ1) is 18.4. The van der Waals surface area contributed by atoms with Crippen molar-refractivity contribution in [3.63, 3.8) is 0 Å². The van der Waals surface area contributed by atoms with Crippen molar-refractivity contribution in [2.75, 3.05) is 19.3 Å². The Kier molecular flexibility index (Phi) is 5.55. The van der Waals surface area contributed by atoms with Gasteiger partial charge in [-0.2, -0.15) is 0 Å². The SMILES string of the molecule is CN(CC(=O)NC1CC1)C(=O)CSc1nnc(-c2ccccc2F)n1C. The number of nitrogens with one attached hydrogen (secondary N) is 1. The van der Waals surface area contributed by atoms with Crippen LogP contribution >= 0.6 is 11.8 Å². The normalized spacial score (nSPS) is 13.5. The van der Waals surface area contributed by atoms with Crippen LogP contribution in [0, 0.1) is 5.82 Å². The van der Waals surface area contributed by atoms with Crippen LogP contribution in [0.3, 0.4) is 0 Å². The number of likely N-dealkylation sites (N-methyl/N-ethyl adjacent to an activating group) is 1. The van der Waals surface area contributed by atoms with Gasteiger partial charge in [-0.3, -0.25) is 9.59 Å². The second kappa shape index (κ2) is 7.86. The highest BCUT2D eigenvalue weighted by molar-refractivity contribution is 7.99. The zero-order chi connectivity index (χ0) is 18.7. The summed E-state index contributed by atoms with van der Waals surface area (Å²) in [7, 11) is 3.32. The zero-order valence-electron chi connectivity index (χ0n) is 14.6. The van der Waals surface area contributed by atoms with Crippen molar-refractivity contribution < 1.29 is 14.0 Å². The average Bonchev–Trinajstić information content (AvgIpc) is 3.34. The smallest absolute Gasteiger partial charge is 0.239 e. The number of nitrogens with zero attached hydrogens (tertiary/aromatic N) is 4. The first-order valence-electron chi connectivity index (χ1n) is 8.26. The van der Waals surface area contributed by atoms with E-state index in [0.717, 1.165) is 12.8 Å². The van der Waals surface area contributed by atoms with Crippen molar-refractivity contribution in [3.05, 3.63) is 30.1 Å². The first-order chi connectivity index (χ1) is 12.5. The number of carbonyl (C=O) groups is 2. The maximum absolute atomic E-state index is 13.9. The highest BCUT2D eigenvalue weighted by Crippen LogP contribution is 2.24. The fourth-order valence-electron chi connectivity index (χ4n) is 2.36. The second-order valence-electron chi connectivity index (χ2n) is 6.23. The van der Waals surface area contributed by atoms with Crippen LogP contribution < -0.4 is 5.32 Å². The lowest BCUT2D eigenvalue weighted by Gasteiger charge is -2.16. The minimum Gasteiger partial charge on any atom is -0.352 e. The predicted molar refractivity (Wildman–Crippen MR) is 95.9 cm³/mol. The molecule has 1 aromatic heterocycles. The van der Waals surface area contributed by atoms with Gasteiger partial charge in [0.15, 0.2) is 11.0 Å². The quantitative estimate of drug-likeness (QED) is 0.739. The Morgan fingerprint density at radius 1 is 1.35 bits per heavy atom. The van der Waals surface area contributed by atoms with Gasteiger partial charge >= 0.3 is 0 Å². The van der Waals surface area contributed by atoms with Gasteiger partial charge in [-0.15, -0.1) is 10.2 Å². The minimum atomic E-state index is -0.378. The lowest BCUT2D eigenvalue weighted by molar-refractivity contribution is -0.132. The molecule has 9 heteroatoms. The average molecular weight is 377 g/mol. The Balaban J connectivity index is 1.57. The highest BCUT2D eigenvalue weighted by atomic mass is 32.2. The van der Waals surface area contributed by atoms with Crippen molar-refractivity contribution >= 4 is 23.6 Å². The number of hydrogen-bond acceptors (Lipinski definition) is 5. The molecule has 0 atom stereocenters. The van der Waals surface area contributed by atoms with Gasteiger partial charge in [0.25, 0.3) is 0 Å². The standard InChI is InChI=1S/C17H20FN5O2S/c1-22(9-14(24)19-11-7-8-11)15(25)10-26-17-21-20-16(23(17)2)12-5-3-4-6-13(12)18/h3-6,11H,7-10H2,1-2H3,(H,19,24). The largest absolute Gasteiger partial charge is 0.352 e. The van der Waals surface area contributed by atoms with Crippen LogP contribution in [0.2, 0.25) is 0 Å². The number of carbonyl (C=O) groups excluding carboxylic acids is 2. The molecule has 1 fully saturated rings. The van der Waals surface area contributed by atoms with Crippen LogP contribution in [0.25, 0.3) is 11.4 Å². The first-order valence-corrected chi connectivity index (χ1v) is 9.24. The van der Waals surface area contributed by atoms with E-state index in [1.54, 1.807) is 36.9 Å². The molecule has 2 amide bonds. The van der Waals surface area contributed by atoms with Crippen LogP contribution in [0.5, 0.6) is 0 Å². The van der Waals surface area contributed by atoms with E-state index in [4.69, 9.17) is 0 Å². The fourth-order valence-corrected chi connectivity index (χ4v) is 3.21. The highest BCUT2D eigenvalue weighted by Gasteiger charge is 2.24. The maximum atomic E-state index is 13.9. The van der Waals surface area contributed by atoms with E-state index in [0.29, 0.717) is 16.5 Å². The molecule has 1 aliphatic rings. The molecular formula is C17H20FN5O2S. The van der Waals surface area contributed by atoms with Gasteiger partial charge in [0.2, 0.25) is 11.8 Å². The zero-order valence-corrected chi connectivity index (χ0v) is 15.4. The molecule has 1 N–H and O–H groups in total. The Morgan fingerprint density at radius 2 is 2.08 bits per heavy atom. The molecule has 0 bridgehead atoms. The predicted octanol–water partition coefficient (Wildman–Crippen LogP) is 1.45. The van der Waals surface area contributed by atoms with Crippen molar-refractivity contribution in [1.29, 1.82) is 0 Å². The molecule has 7 nitrogen and oxygen atoms in total. The van der Waals surface area contributed by atoms with Gasteiger partial charge in [0, 0.05) is 20.1 Å². The molecule has 3 rings (SSSR count). The minimum absolute atomic E-state index is 0.0369. The summed E-state index contributed by atoms with van der Waals surface area (Å²) in [6.45, 7) is 0.0369. The van der Waals surface area contributed by atoms with Crippen molar-refractivity contribution in [3.8, 4) is 11.4 Å². The van der Waals surface area contributed by atoms with E-state index >= 15 is 0 Å². The number of rotatable bonds is 7. The third kappa shape index (κ3) is 4.40. The molecular weight excluding hydrogens is 357 g/mol. The Labute approximate surface area is 155 Å². The van der Waals surface area contributed by atoms with Crippen LogP contribution in [0.15, 0.2) is 29.4 Å². The molecule has 0 aliphatic heterocycles. The molecule has 1 heterocycles. The van der Waals surface area contributed by atoms with Crippen LogP contribution in [-0.4, -0.2) is 56.9 Å². The number of hydrogen-bond donors (Lipinski definition) is 1. The van der Waals surface area contributed by atoms with E-state index in [9.17, 15) is 14.0 Å². The molecule has 0 saturated heterocycles. The number of thioether (sulfide) groups is 1. The lowest BCUT2D eigenvalue weighted by atomic mass is 10.2. The molecule has 2 aromatic rings. The van der Waals surface area contributed by atoms with E-state index in [2.05, 4.69) is 15.5 Å². The number of amides is 2. The van der Waals surface area contributed by atoms with Gasteiger partial charge < -0.3 is 14.8 Å². The molecule has 1 saturated carbocycles. The second-order valence-corrected chi connectivity index (χ2v) is 7.17. The molecule has 1 aromatic carbocycles. The fraction of sp³-hybridized carbons (Fsp3) is 0.412. The summed E-state index contributed by atoms with van der Waals surface area (Å²) in [6, 6.07) is 6.60. The van der Waals surface area contributed by atoms with Crippen molar-refractivity contribution in [1.82, 2.24) is 25.0 Å². The summed E-state index contributed by atoms with van der Waals surface area (Å²) in [4.78, 5) is 25.3. The van der Waals surface area contributed by atoms with Crippen LogP contribution in [-0.2, 0) is 16.6 Å². The monoisotopic (exact) mass is 377 g/mol. The summed E-state index contributed by atoms with van der Waals surface area (Å²) in [5, 5.41) is 11.4. The van der Waals surface area contributed by atoms with E-state index in [1.807, 2.05) is 0 Å². The van der Waals surface area contributed by atoms with E-state index in [-0.39, 0.29) is 36.0 Å². The summed E-state index contributed by atoms with van der Waals surface area (Å²) >= 11 is 1.20. The molecule has 138 valence electrons. The van der Waals surface area contributed by atoms with Crippen LogP contribution in [0.4, 0.5) is 4.39 Å². The van der Waals surface area contributed by atoms with E-state index in [1.165, 1.54) is 22.7 Å². The van der Waals surface area contributed by atoms with Crippen LogP contribution in [0.1, 0.15) is 12.8 Å². The number of aromatic nitrogens is 3. The number of benzene rings is 1. The van der Waals surface area contributed by atoms with Crippen molar-refractivity contribution in [2.45, 2.75) is 24.0 Å². The Hall–Kier alpha value is -2.42. The van der Waals surface area contributed by atoms with Gasteiger partial charge in [-0.25, -0.2) is 4.39 Å². The van der Waals surface area contributed by atoms with Gasteiger partial charge in [0.05, 0.1) is 17.9 Å².